The highest BCUT2D eigenvalue weighted by molar-refractivity contribution is 7.11. The lowest BCUT2D eigenvalue weighted by molar-refractivity contribution is -0.141. The van der Waals surface area contributed by atoms with Gasteiger partial charge in [-0.2, -0.15) is 0 Å². The number of aromatic nitrogens is 1. The molecule has 0 bridgehead atoms. The highest BCUT2D eigenvalue weighted by atomic mass is 32.1. The summed E-state index contributed by atoms with van der Waals surface area (Å²) < 4.78 is 0. The van der Waals surface area contributed by atoms with Gasteiger partial charge in [-0.1, -0.05) is 6.58 Å². The number of nitrogens with zero attached hydrogens (tertiary/aromatic N) is 2. The van der Waals surface area contributed by atoms with E-state index in [2.05, 4.69) is 16.9 Å². The number of hydrogen-bond donors (Lipinski definition) is 1. The van der Waals surface area contributed by atoms with Gasteiger partial charge in [-0.25, -0.2) is 4.98 Å². The second-order valence-electron chi connectivity index (χ2n) is 5.10. The third-order valence-electron chi connectivity index (χ3n) is 3.66. The number of rotatable bonds is 4. The second-order valence-corrected chi connectivity index (χ2v) is 6.42. The van der Waals surface area contributed by atoms with Gasteiger partial charge in [0.1, 0.15) is 5.54 Å². The lowest BCUT2D eigenvalue weighted by Crippen LogP contribution is -2.54. The molecule has 1 saturated heterocycles. The Morgan fingerprint density at radius 2 is 2.40 bits per heavy atom. The summed E-state index contributed by atoms with van der Waals surface area (Å²) in [6.45, 7) is 8.30. The zero-order chi connectivity index (χ0) is 14.8. The molecule has 0 aliphatic carbocycles. The molecular formula is C14H19N3O2S. The fourth-order valence-corrected chi connectivity index (χ4v) is 3.24. The Balaban J connectivity index is 2.03. The van der Waals surface area contributed by atoms with Crippen LogP contribution in [0.2, 0.25) is 0 Å². The Kier molecular flexibility index (Phi) is 4.23. The van der Waals surface area contributed by atoms with E-state index in [9.17, 15) is 9.59 Å². The molecule has 1 aliphatic heterocycles. The van der Waals surface area contributed by atoms with Crippen molar-refractivity contribution in [2.45, 2.75) is 38.8 Å². The SMILES string of the molecule is C=CC(=O)N1CCC[C@]1(C)C(=O)NCc1cnc(C)s1. The van der Waals surface area contributed by atoms with Crippen LogP contribution in [0.1, 0.15) is 29.7 Å². The highest BCUT2D eigenvalue weighted by Crippen LogP contribution is 2.29. The molecule has 0 spiro atoms. The summed E-state index contributed by atoms with van der Waals surface area (Å²) in [4.78, 5) is 31.0. The molecule has 0 radical (unpaired) electrons. The number of aryl methyl sites for hydroxylation is 1. The van der Waals surface area contributed by atoms with Crippen LogP contribution >= 0.6 is 11.3 Å². The molecule has 1 N–H and O–H groups in total. The van der Waals surface area contributed by atoms with E-state index >= 15 is 0 Å². The quantitative estimate of drug-likeness (QED) is 0.858. The lowest BCUT2D eigenvalue weighted by atomic mass is 9.97. The molecule has 20 heavy (non-hydrogen) atoms. The first-order valence-electron chi connectivity index (χ1n) is 6.61. The van der Waals surface area contributed by atoms with Crippen molar-refractivity contribution in [1.29, 1.82) is 0 Å². The second kappa shape index (κ2) is 5.75. The fourth-order valence-electron chi connectivity index (χ4n) is 2.51. The summed E-state index contributed by atoms with van der Waals surface area (Å²) in [5, 5.41) is 3.88. The predicted octanol–water partition coefficient (Wildman–Crippen LogP) is 1.63. The van der Waals surface area contributed by atoms with Crippen molar-refractivity contribution in [2.24, 2.45) is 0 Å². The first-order chi connectivity index (χ1) is 9.47. The van der Waals surface area contributed by atoms with Gasteiger partial charge in [-0.05, 0) is 32.8 Å². The van der Waals surface area contributed by atoms with Crippen LogP contribution in [-0.2, 0) is 16.1 Å². The van der Waals surface area contributed by atoms with Gasteiger partial charge in [0.15, 0.2) is 0 Å². The van der Waals surface area contributed by atoms with Gasteiger partial charge in [-0.15, -0.1) is 11.3 Å². The summed E-state index contributed by atoms with van der Waals surface area (Å²) in [5.41, 5.74) is -0.773. The van der Waals surface area contributed by atoms with E-state index in [4.69, 9.17) is 0 Å². The average Bonchev–Trinajstić information content (AvgIpc) is 3.02. The van der Waals surface area contributed by atoms with E-state index in [-0.39, 0.29) is 11.8 Å². The minimum Gasteiger partial charge on any atom is -0.349 e. The number of hydrogen-bond acceptors (Lipinski definition) is 4. The number of likely N-dealkylation sites (tertiary alicyclic amines) is 1. The molecule has 0 saturated carbocycles. The Labute approximate surface area is 122 Å². The van der Waals surface area contributed by atoms with Crippen molar-refractivity contribution in [3.05, 3.63) is 28.7 Å². The molecule has 2 rings (SSSR count). The van der Waals surface area contributed by atoms with Crippen molar-refractivity contribution in [2.75, 3.05) is 6.54 Å². The van der Waals surface area contributed by atoms with Crippen LogP contribution in [0.25, 0.3) is 0 Å². The van der Waals surface area contributed by atoms with Gasteiger partial charge in [-0.3, -0.25) is 9.59 Å². The van der Waals surface area contributed by atoms with E-state index < -0.39 is 5.54 Å². The molecule has 1 fully saturated rings. The smallest absolute Gasteiger partial charge is 0.246 e. The highest BCUT2D eigenvalue weighted by Gasteiger charge is 2.44. The van der Waals surface area contributed by atoms with Crippen LogP contribution in [0, 0.1) is 6.92 Å². The van der Waals surface area contributed by atoms with E-state index in [0.717, 1.165) is 16.3 Å². The zero-order valence-corrected chi connectivity index (χ0v) is 12.6. The summed E-state index contributed by atoms with van der Waals surface area (Å²) in [6.07, 6.45) is 4.55. The first-order valence-corrected chi connectivity index (χ1v) is 7.42. The predicted molar refractivity (Wildman–Crippen MR) is 78.2 cm³/mol. The Hall–Kier alpha value is -1.69. The van der Waals surface area contributed by atoms with E-state index in [0.29, 0.717) is 19.5 Å². The van der Waals surface area contributed by atoms with Crippen LogP contribution in [0.3, 0.4) is 0 Å². The monoisotopic (exact) mass is 293 g/mol. The van der Waals surface area contributed by atoms with Gasteiger partial charge in [0.2, 0.25) is 11.8 Å². The van der Waals surface area contributed by atoms with Gasteiger partial charge < -0.3 is 10.2 Å². The van der Waals surface area contributed by atoms with E-state index in [1.165, 1.54) is 6.08 Å². The number of nitrogens with one attached hydrogen (secondary N) is 1. The molecule has 108 valence electrons. The molecule has 1 aromatic rings. The van der Waals surface area contributed by atoms with Gasteiger partial charge >= 0.3 is 0 Å². The summed E-state index contributed by atoms with van der Waals surface area (Å²) in [6, 6.07) is 0. The Morgan fingerprint density at radius 3 is 3.00 bits per heavy atom. The molecule has 0 aromatic carbocycles. The Morgan fingerprint density at radius 1 is 1.65 bits per heavy atom. The van der Waals surface area contributed by atoms with Crippen LogP contribution in [0.5, 0.6) is 0 Å². The fraction of sp³-hybridized carbons (Fsp3) is 0.500. The molecule has 1 aliphatic rings. The maximum atomic E-state index is 12.4. The van der Waals surface area contributed by atoms with Gasteiger partial charge in [0.25, 0.3) is 0 Å². The molecule has 2 heterocycles. The Bertz CT molecular complexity index is 540. The number of thiazole rings is 1. The standard InChI is InChI=1S/C14H19N3O2S/c1-4-12(18)17-7-5-6-14(17,3)13(19)16-9-11-8-15-10(2)20-11/h4,8H,1,5-7,9H2,2-3H3,(H,16,19)/t14-/m1/s1. The normalized spacial score (nSPS) is 21.8. The minimum atomic E-state index is -0.773. The van der Waals surface area contributed by atoms with Gasteiger partial charge in [0, 0.05) is 17.6 Å². The van der Waals surface area contributed by atoms with Crippen LogP contribution < -0.4 is 5.32 Å². The number of carbonyl (C=O) groups excluding carboxylic acids is 2. The van der Waals surface area contributed by atoms with Crippen molar-refractivity contribution in [1.82, 2.24) is 15.2 Å². The molecule has 6 heteroatoms. The summed E-state index contributed by atoms with van der Waals surface area (Å²) >= 11 is 1.56. The van der Waals surface area contributed by atoms with Crippen molar-refractivity contribution in [3.8, 4) is 0 Å². The molecule has 5 nitrogen and oxygen atoms in total. The van der Waals surface area contributed by atoms with Crippen molar-refractivity contribution in [3.63, 3.8) is 0 Å². The van der Waals surface area contributed by atoms with Gasteiger partial charge in [0.05, 0.1) is 11.6 Å². The zero-order valence-electron chi connectivity index (χ0n) is 11.8. The van der Waals surface area contributed by atoms with E-state index in [1.54, 1.807) is 22.4 Å². The van der Waals surface area contributed by atoms with Crippen molar-refractivity contribution < 1.29 is 9.59 Å². The molecule has 1 atom stereocenters. The minimum absolute atomic E-state index is 0.115. The molecular weight excluding hydrogens is 274 g/mol. The number of carbonyl (C=O) groups is 2. The van der Waals surface area contributed by atoms with E-state index in [1.807, 2.05) is 13.8 Å². The van der Waals surface area contributed by atoms with Crippen LogP contribution in [-0.4, -0.2) is 33.8 Å². The van der Waals surface area contributed by atoms with Crippen LogP contribution in [0.4, 0.5) is 0 Å². The third kappa shape index (κ3) is 2.75. The molecule has 2 amide bonds. The topological polar surface area (TPSA) is 62.3 Å². The third-order valence-corrected chi connectivity index (χ3v) is 4.58. The maximum absolute atomic E-state index is 12.4. The molecule has 1 aromatic heterocycles. The van der Waals surface area contributed by atoms with Crippen LogP contribution in [0.15, 0.2) is 18.9 Å². The largest absolute Gasteiger partial charge is 0.349 e. The first kappa shape index (κ1) is 14.7. The number of amides is 2. The summed E-state index contributed by atoms with van der Waals surface area (Å²) in [5.74, 6) is -0.301. The maximum Gasteiger partial charge on any atom is 0.246 e. The lowest BCUT2D eigenvalue weighted by Gasteiger charge is -2.33. The average molecular weight is 293 g/mol. The summed E-state index contributed by atoms with van der Waals surface area (Å²) in [7, 11) is 0. The van der Waals surface area contributed by atoms with Crippen molar-refractivity contribution >= 4 is 23.2 Å². The molecule has 0 unspecified atom stereocenters.